The Morgan fingerprint density at radius 3 is 2.84 bits per heavy atom. The summed E-state index contributed by atoms with van der Waals surface area (Å²) in [5, 5.41) is 0. The fraction of sp³-hybridized carbons (Fsp3) is 0.647. The van der Waals surface area contributed by atoms with Gasteiger partial charge in [-0.2, -0.15) is 0 Å². The van der Waals surface area contributed by atoms with Gasteiger partial charge in [0.15, 0.2) is 0 Å². The number of ether oxygens (including phenoxy) is 1. The first-order chi connectivity index (χ1) is 9.00. The van der Waals surface area contributed by atoms with E-state index in [1.54, 1.807) is 0 Å². The third kappa shape index (κ3) is 2.16. The van der Waals surface area contributed by atoms with Crippen molar-refractivity contribution in [1.82, 2.24) is 0 Å². The summed E-state index contributed by atoms with van der Waals surface area (Å²) in [5.41, 5.74) is 8.87. The van der Waals surface area contributed by atoms with Crippen molar-refractivity contribution in [2.75, 3.05) is 0 Å². The zero-order valence-electron chi connectivity index (χ0n) is 12.3. The standard InChI is InChI=1S/C17H25NO/c1-11-4-5-16-14(9-11)15(18)10-17(19-16)7-6-12(2)8-13(17)3/h4-5,9,12-13,15H,6-8,10,18H2,1-3H3/t12?,13?,15-,17?/m1/s1. The quantitative estimate of drug-likeness (QED) is 0.765. The summed E-state index contributed by atoms with van der Waals surface area (Å²) < 4.78 is 6.47. The number of rotatable bonds is 0. The van der Waals surface area contributed by atoms with Crippen molar-refractivity contribution < 1.29 is 4.74 Å². The Labute approximate surface area is 116 Å². The third-order valence-electron chi connectivity index (χ3n) is 5.16. The number of aryl methyl sites for hydroxylation is 1. The zero-order valence-corrected chi connectivity index (χ0v) is 12.3. The van der Waals surface area contributed by atoms with Crippen LogP contribution in [0.25, 0.3) is 0 Å². The lowest BCUT2D eigenvalue weighted by Gasteiger charge is -2.49. The van der Waals surface area contributed by atoms with E-state index in [9.17, 15) is 0 Å². The lowest BCUT2D eigenvalue weighted by atomic mass is 9.68. The van der Waals surface area contributed by atoms with E-state index in [4.69, 9.17) is 10.5 Å². The van der Waals surface area contributed by atoms with Crippen molar-refractivity contribution in [1.29, 1.82) is 0 Å². The molecule has 1 heterocycles. The monoisotopic (exact) mass is 259 g/mol. The van der Waals surface area contributed by atoms with Gasteiger partial charge in [0.2, 0.25) is 0 Å². The molecule has 1 spiro atoms. The van der Waals surface area contributed by atoms with Crippen molar-refractivity contribution in [2.45, 2.75) is 58.1 Å². The summed E-state index contributed by atoms with van der Waals surface area (Å²) in [7, 11) is 0. The Morgan fingerprint density at radius 1 is 1.32 bits per heavy atom. The second-order valence-electron chi connectivity index (χ2n) is 6.80. The second-order valence-corrected chi connectivity index (χ2v) is 6.80. The molecule has 1 aliphatic heterocycles. The second kappa shape index (κ2) is 4.52. The average molecular weight is 259 g/mol. The molecular formula is C17H25NO. The number of nitrogens with two attached hydrogens (primary N) is 1. The normalized spacial score (nSPS) is 37.8. The molecule has 0 amide bonds. The Hall–Kier alpha value is -1.02. The van der Waals surface area contributed by atoms with Crippen LogP contribution in [0.15, 0.2) is 18.2 Å². The molecular weight excluding hydrogens is 234 g/mol. The predicted molar refractivity (Wildman–Crippen MR) is 78.3 cm³/mol. The van der Waals surface area contributed by atoms with E-state index in [1.807, 2.05) is 0 Å². The highest BCUT2D eigenvalue weighted by Gasteiger charge is 2.46. The Kier molecular flexibility index (Phi) is 3.09. The lowest BCUT2D eigenvalue weighted by Crippen LogP contribution is -2.50. The molecule has 3 unspecified atom stereocenters. The van der Waals surface area contributed by atoms with Gasteiger partial charge in [-0.1, -0.05) is 31.5 Å². The van der Waals surface area contributed by atoms with Crippen molar-refractivity contribution in [3.8, 4) is 5.75 Å². The summed E-state index contributed by atoms with van der Waals surface area (Å²) in [6.07, 6.45) is 4.64. The van der Waals surface area contributed by atoms with Crippen LogP contribution in [0.5, 0.6) is 5.75 Å². The van der Waals surface area contributed by atoms with Gasteiger partial charge in [-0.25, -0.2) is 0 Å². The Bertz CT molecular complexity index is 484. The minimum Gasteiger partial charge on any atom is -0.487 e. The van der Waals surface area contributed by atoms with Crippen molar-refractivity contribution >= 4 is 0 Å². The molecule has 3 rings (SSSR count). The van der Waals surface area contributed by atoms with Crippen LogP contribution in [-0.4, -0.2) is 5.60 Å². The first-order valence-electron chi connectivity index (χ1n) is 7.55. The van der Waals surface area contributed by atoms with Gasteiger partial charge in [-0.3, -0.25) is 0 Å². The maximum absolute atomic E-state index is 6.47. The van der Waals surface area contributed by atoms with Crippen molar-refractivity contribution in [2.24, 2.45) is 17.6 Å². The molecule has 19 heavy (non-hydrogen) atoms. The van der Waals surface area contributed by atoms with Gasteiger partial charge in [-0.05, 0) is 44.1 Å². The molecule has 0 bridgehead atoms. The number of hydrogen-bond donors (Lipinski definition) is 1. The molecule has 0 saturated heterocycles. The summed E-state index contributed by atoms with van der Waals surface area (Å²) >= 11 is 0. The minimum atomic E-state index is -0.0197. The van der Waals surface area contributed by atoms with Crippen LogP contribution in [0.4, 0.5) is 0 Å². The molecule has 1 aromatic carbocycles. The Balaban J connectivity index is 1.94. The van der Waals surface area contributed by atoms with Crippen molar-refractivity contribution in [3.05, 3.63) is 29.3 Å². The SMILES string of the molecule is Cc1ccc2c(c1)[C@H](N)CC1(CCC(C)CC1C)O2. The molecule has 1 aromatic rings. The largest absolute Gasteiger partial charge is 0.487 e. The van der Waals surface area contributed by atoms with E-state index in [0.29, 0.717) is 5.92 Å². The minimum absolute atomic E-state index is 0.0197. The van der Waals surface area contributed by atoms with Gasteiger partial charge in [0.05, 0.1) is 0 Å². The fourth-order valence-corrected chi connectivity index (χ4v) is 3.92. The molecule has 2 nitrogen and oxygen atoms in total. The molecule has 0 aromatic heterocycles. The van der Waals surface area contributed by atoms with E-state index in [2.05, 4.69) is 39.0 Å². The van der Waals surface area contributed by atoms with Crippen LogP contribution < -0.4 is 10.5 Å². The van der Waals surface area contributed by atoms with Crippen molar-refractivity contribution in [3.63, 3.8) is 0 Å². The number of hydrogen-bond acceptors (Lipinski definition) is 2. The zero-order chi connectivity index (χ0) is 13.6. The van der Waals surface area contributed by atoms with E-state index in [1.165, 1.54) is 24.0 Å². The molecule has 2 heteroatoms. The van der Waals surface area contributed by atoms with E-state index in [-0.39, 0.29) is 11.6 Å². The van der Waals surface area contributed by atoms with Gasteiger partial charge in [0.1, 0.15) is 11.4 Å². The van der Waals surface area contributed by atoms with Crippen LogP contribution >= 0.6 is 0 Å². The average Bonchev–Trinajstić information content (AvgIpc) is 2.36. The summed E-state index contributed by atoms with van der Waals surface area (Å²) in [6, 6.07) is 6.54. The number of fused-ring (bicyclic) bond motifs is 1. The predicted octanol–water partition coefficient (Wildman–Crippen LogP) is 3.97. The first kappa shape index (κ1) is 13.0. The molecule has 1 fully saturated rings. The topological polar surface area (TPSA) is 35.2 Å². The van der Waals surface area contributed by atoms with E-state index >= 15 is 0 Å². The van der Waals surface area contributed by atoms with Gasteiger partial charge in [0, 0.05) is 18.0 Å². The van der Waals surface area contributed by atoms with Crippen LogP contribution in [0.3, 0.4) is 0 Å². The van der Waals surface area contributed by atoms with Gasteiger partial charge < -0.3 is 10.5 Å². The molecule has 0 radical (unpaired) electrons. The van der Waals surface area contributed by atoms with Crippen LogP contribution in [-0.2, 0) is 0 Å². The molecule has 1 aliphatic carbocycles. The maximum Gasteiger partial charge on any atom is 0.124 e. The fourth-order valence-electron chi connectivity index (χ4n) is 3.92. The maximum atomic E-state index is 6.47. The highest BCUT2D eigenvalue weighted by atomic mass is 16.5. The summed E-state index contributed by atoms with van der Waals surface area (Å²) in [5.74, 6) is 2.43. The smallest absolute Gasteiger partial charge is 0.124 e. The van der Waals surface area contributed by atoms with Gasteiger partial charge in [0.25, 0.3) is 0 Å². The summed E-state index contributed by atoms with van der Waals surface area (Å²) in [6.45, 7) is 6.80. The van der Waals surface area contributed by atoms with Crippen LogP contribution in [0.2, 0.25) is 0 Å². The highest BCUT2D eigenvalue weighted by molar-refractivity contribution is 5.41. The van der Waals surface area contributed by atoms with Crippen LogP contribution in [0.1, 0.15) is 56.7 Å². The highest BCUT2D eigenvalue weighted by Crippen LogP contribution is 2.49. The van der Waals surface area contributed by atoms with Gasteiger partial charge >= 0.3 is 0 Å². The van der Waals surface area contributed by atoms with E-state index in [0.717, 1.165) is 24.5 Å². The van der Waals surface area contributed by atoms with Crippen LogP contribution in [0, 0.1) is 18.8 Å². The first-order valence-corrected chi connectivity index (χ1v) is 7.55. The van der Waals surface area contributed by atoms with E-state index < -0.39 is 0 Å². The molecule has 2 aliphatic rings. The third-order valence-corrected chi connectivity index (χ3v) is 5.16. The Morgan fingerprint density at radius 2 is 2.11 bits per heavy atom. The molecule has 4 atom stereocenters. The molecule has 104 valence electrons. The molecule has 1 saturated carbocycles. The molecule has 2 N–H and O–H groups in total. The number of benzene rings is 1. The summed E-state index contributed by atoms with van der Waals surface area (Å²) in [4.78, 5) is 0. The lowest BCUT2D eigenvalue weighted by molar-refractivity contribution is -0.0519. The van der Waals surface area contributed by atoms with Gasteiger partial charge in [-0.15, -0.1) is 0 Å².